The fourth-order valence-electron chi connectivity index (χ4n) is 2.11. The van der Waals surface area contributed by atoms with Crippen molar-refractivity contribution < 1.29 is 24.2 Å². The zero-order chi connectivity index (χ0) is 21.7. The van der Waals surface area contributed by atoms with Crippen molar-refractivity contribution >= 4 is 70.1 Å². The molecule has 0 saturated heterocycles. The van der Waals surface area contributed by atoms with Gasteiger partial charge >= 0.3 is 12.1 Å². The van der Waals surface area contributed by atoms with Crippen LogP contribution in [-0.2, 0) is 16.1 Å². The van der Waals surface area contributed by atoms with Crippen LogP contribution in [0.1, 0.15) is 12.5 Å². The summed E-state index contributed by atoms with van der Waals surface area (Å²) in [6, 6.07) is 7.40. The summed E-state index contributed by atoms with van der Waals surface area (Å²) in [6.07, 6.45) is -2.27. The maximum Gasteiger partial charge on any atom is 0.408 e. The number of carbonyl (C=O) groups is 2. The van der Waals surface area contributed by atoms with Gasteiger partial charge in [0, 0.05) is 0 Å². The Labute approximate surface area is 191 Å². The van der Waals surface area contributed by atoms with Crippen LogP contribution in [-0.4, -0.2) is 29.3 Å². The van der Waals surface area contributed by atoms with E-state index in [1.54, 1.807) is 24.3 Å². The predicted octanol–water partition coefficient (Wildman–Crippen LogP) is 5.53. The second kappa shape index (κ2) is 10.6. The third-order valence-electron chi connectivity index (χ3n) is 3.59. The lowest BCUT2D eigenvalue weighted by atomic mass is 10.2. The summed E-state index contributed by atoms with van der Waals surface area (Å²) in [5, 5.41) is 11.1. The van der Waals surface area contributed by atoms with E-state index in [9.17, 15) is 14.7 Å². The highest BCUT2D eigenvalue weighted by molar-refractivity contribution is 6.55. The van der Waals surface area contributed by atoms with Gasteiger partial charge in [0.05, 0.1) is 21.2 Å². The molecule has 2 aromatic carbocycles. The summed E-state index contributed by atoms with van der Waals surface area (Å²) in [6.45, 7) is 1.24. The van der Waals surface area contributed by atoms with Crippen LogP contribution in [0.3, 0.4) is 0 Å². The molecule has 2 N–H and O–H groups in total. The topological polar surface area (TPSA) is 84.9 Å². The first kappa shape index (κ1) is 23.9. The fourth-order valence-corrected chi connectivity index (χ4v) is 3.30. The first-order valence-electron chi connectivity index (χ1n) is 8.01. The van der Waals surface area contributed by atoms with E-state index in [2.05, 4.69) is 5.32 Å². The van der Waals surface area contributed by atoms with E-state index >= 15 is 0 Å². The van der Waals surface area contributed by atoms with E-state index in [0.717, 1.165) is 5.56 Å². The Balaban J connectivity index is 2.11. The van der Waals surface area contributed by atoms with Crippen LogP contribution in [0.15, 0.2) is 30.3 Å². The molecule has 0 spiro atoms. The van der Waals surface area contributed by atoms with Crippen molar-refractivity contribution in [3.8, 4) is 5.75 Å². The summed E-state index contributed by atoms with van der Waals surface area (Å²) < 4.78 is 10.1. The van der Waals surface area contributed by atoms with Gasteiger partial charge in [-0.3, -0.25) is 0 Å². The van der Waals surface area contributed by atoms with Crippen LogP contribution in [0.25, 0.3) is 0 Å². The lowest BCUT2D eigenvalue weighted by molar-refractivity contribution is -0.139. The maximum absolute atomic E-state index is 12.5. The summed E-state index contributed by atoms with van der Waals surface area (Å²) >= 11 is 29.8. The number of ether oxygens (including phenoxy) is 2. The van der Waals surface area contributed by atoms with Crippen molar-refractivity contribution in [2.45, 2.75) is 25.7 Å². The molecule has 0 radical (unpaired) electrons. The van der Waals surface area contributed by atoms with Crippen molar-refractivity contribution in [1.82, 2.24) is 5.32 Å². The van der Waals surface area contributed by atoms with Gasteiger partial charge in [-0.2, -0.15) is 0 Å². The van der Waals surface area contributed by atoms with Gasteiger partial charge in [-0.15, -0.1) is 0 Å². The van der Waals surface area contributed by atoms with E-state index in [4.69, 9.17) is 67.5 Å². The second-order valence-electron chi connectivity index (χ2n) is 5.74. The Bertz CT molecular complexity index is 878. The minimum atomic E-state index is -1.49. The molecule has 11 heteroatoms. The Morgan fingerprint density at radius 2 is 1.48 bits per heavy atom. The largest absolute Gasteiger partial charge is 0.445 e. The minimum Gasteiger partial charge on any atom is -0.445 e. The first-order chi connectivity index (χ1) is 13.6. The number of halogens is 5. The molecule has 2 aromatic rings. The highest BCUT2D eigenvalue weighted by atomic mass is 35.5. The fraction of sp³-hybridized carbons (Fsp3) is 0.222. The molecular formula is C18H14Cl5NO5. The number of benzene rings is 2. The second-order valence-corrected chi connectivity index (χ2v) is 7.63. The molecule has 0 bridgehead atoms. The molecule has 0 aromatic heterocycles. The van der Waals surface area contributed by atoms with Gasteiger partial charge in [0.15, 0.2) is 11.8 Å². The molecular weight excluding hydrogens is 487 g/mol. The van der Waals surface area contributed by atoms with Crippen molar-refractivity contribution in [2.75, 3.05) is 0 Å². The SMILES string of the molecule is C[C@@H](O)[C@H](NC(=O)OCc1ccccc1)C(=O)Oc1c(Cl)c(Cl)c(Cl)c(Cl)c1Cl. The first-order valence-corrected chi connectivity index (χ1v) is 9.90. The molecule has 6 nitrogen and oxygen atoms in total. The molecule has 1 amide bonds. The molecule has 0 aliphatic rings. The van der Waals surface area contributed by atoms with Gasteiger partial charge in [0.2, 0.25) is 0 Å². The molecule has 29 heavy (non-hydrogen) atoms. The van der Waals surface area contributed by atoms with E-state index in [0.29, 0.717) is 0 Å². The number of nitrogens with one attached hydrogen (secondary N) is 1. The minimum absolute atomic E-state index is 0.0334. The molecule has 0 aliphatic carbocycles. The molecule has 0 unspecified atom stereocenters. The predicted molar refractivity (Wildman–Crippen MR) is 112 cm³/mol. The van der Waals surface area contributed by atoms with Crippen LogP contribution in [0.4, 0.5) is 4.79 Å². The van der Waals surface area contributed by atoms with Gasteiger partial charge in [0.1, 0.15) is 16.7 Å². The summed E-state index contributed by atoms with van der Waals surface area (Å²) in [7, 11) is 0. The zero-order valence-electron chi connectivity index (χ0n) is 14.7. The lowest BCUT2D eigenvalue weighted by Crippen LogP contribution is -2.49. The molecule has 0 heterocycles. The Kier molecular flexibility index (Phi) is 8.70. The number of carbonyl (C=O) groups excluding carboxylic acids is 2. The van der Waals surface area contributed by atoms with Crippen molar-refractivity contribution in [1.29, 1.82) is 0 Å². The third kappa shape index (κ3) is 6.04. The lowest BCUT2D eigenvalue weighted by Gasteiger charge is -2.21. The molecule has 156 valence electrons. The summed E-state index contributed by atoms with van der Waals surface area (Å²) in [5.41, 5.74) is 0.739. The number of hydrogen-bond donors (Lipinski definition) is 2. The highest BCUT2D eigenvalue weighted by Gasteiger charge is 2.31. The van der Waals surface area contributed by atoms with E-state index in [1.807, 2.05) is 6.07 Å². The standard InChI is InChI=1S/C18H14Cl5NO5/c1-8(25)15(24-18(27)28-7-9-5-3-2-4-6-9)17(26)29-16-13(22)11(20)10(19)12(21)14(16)23/h2-6,8,15,25H,7H2,1H3,(H,24,27)/t8-,15+/m1/s1. The molecule has 2 atom stereocenters. The number of esters is 1. The number of amides is 1. The Morgan fingerprint density at radius 3 is 2.00 bits per heavy atom. The van der Waals surface area contributed by atoms with Crippen LogP contribution in [0.2, 0.25) is 25.1 Å². The van der Waals surface area contributed by atoms with Crippen LogP contribution >= 0.6 is 58.0 Å². The number of hydrogen-bond acceptors (Lipinski definition) is 5. The smallest absolute Gasteiger partial charge is 0.408 e. The van der Waals surface area contributed by atoms with Crippen molar-refractivity contribution in [3.05, 3.63) is 61.0 Å². The molecule has 0 saturated carbocycles. The van der Waals surface area contributed by atoms with E-state index in [1.165, 1.54) is 6.92 Å². The van der Waals surface area contributed by atoms with E-state index in [-0.39, 0.29) is 37.5 Å². The van der Waals surface area contributed by atoms with Crippen molar-refractivity contribution in [2.24, 2.45) is 0 Å². The van der Waals surface area contributed by atoms with Crippen LogP contribution < -0.4 is 10.1 Å². The number of rotatable bonds is 6. The van der Waals surface area contributed by atoms with Gasteiger partial charge in [-0.05, 0) is 12.5 Å². The third-order valence-corrected chi connectivity index (χ3v) is 5.84. The summed E-state index contributed by atoms with van der Waals surface area (Å²) in [5.74, 6) is -1.43. The van der Waals surface area contributed by atoms with Gasteiger partial charge in [0.25, 0.3) is 0 Å². The monoisotopic (exact) mass is 499 g/mol. The molecule has 0 aliphatic heterocycles. The van der Waals surface area contributed by atoms with E-state index < -0.39 is 24.2 Å². The van der Waals surface area contributed by atoms with Gasteiger partial charge < -0.3 is 19.9 Å². The zero-order valence-corrected chi connectivity index (χ0v) is 18.5. The number of aliphatic hydroxyl groups is 1. The molecule has 2 rings (SSSR count). The van der Waals surface area contributed by atoms with Crippen molar-refractivity contribution in [3.63, 3.8) is 0 Å². The van der Waals surface area contributed by atoms with Gasteiger partial charge in [-0.25, -0.2) is 9.59 Å². The average molecular weight is 502 g/mol. The van der Waals surface area contributed by atoms with Crippen LogP contribution in [0.5, 0.6) is 5.75 Å². The normalized spacial score (nSPS) is 12.8. The molecule has 0 fully saturated rings. The maximum atomic E-state index is 12.5. The van der Waals surface area contributed by atoms with Crippen LogP contribution in [0, 0.1) is 0 Å². The van der Waals surface area contributed by atoms with Gasteiger partial charge in [-0.1, -0.05) is 88.3 Å². The Morgan fingerprint density at radius 1 is 0.966 bits per heavy atom. The Hall–Kier alpha value is -1.41. The number of aliphatic hydroxyl groups excluding tert-OH is 1. The summed E-state index contributed by atoms with van der Waals surface area (Å²) in [4.78, 5) is 24.5. The number of alkyl carbamates (subject to hydrolysis) is 1. The average Bonchev–Trinajstić information content (AvgIpc) is 2.71. The quantitative estimate of drug-likeness (QED) is 0.235. The highest BCUT2D eigenvalue weighted by Crippen LogP contribution is 2.48.